The van der Waals surface area contributed by atoms with E-state index in [1.165, 1.54) is 67.2 Å². The Morgan fingerprint density at radius 1 is 0.438 bits per heavy atom. The van der Waals surface area contributed by atoms with Crippen molar-refractivity contribution in [3.63, 3.8) is 0 Å². The molecule has 0 bridgehead atoms. The van der Waals surface area contributed by atoms with Crippen LogP contribution in [0, 0.1) is 0 Å². The first kappa shape index (κ1) is 34.6. The van der Waals surface area contributed by atoms with Gasteiger partial charge in [-0.05, 0) is 0 Å². The number of allylic oxidation sites excluding steroid dienone is 8. The Morgan fingerprint density at radius 2 is 0.792 bits per heavy atom. The first-order chi connectivity index (χ1) is 22.5. The van der Waals surface area contributed by atoms with Gasteiger partial charge in [0.1, 0.15) is 0 Å². The van der Waals surface area contributed by atoms with Crippen molar-refractivity contribution < 1.29 is 15.4 Å². The van der Waals surface area contributed by atoms with Crippen molar-refractivity contribution in [1.82, 2.24) is 0 Å². The zero-order chi connectivity index (χ0) is 31.3. The van der Waals surface area contributed by atoms with Crippen LogP contribution >= 0.6 is 24.8 Å². The Hall–Kier alpha value is -3.21. The minimum Gasteiger partial charge on any atom is -0.147 e. The molecule has 2 aliphatic carbocycles. The van der Waals surface area contributed by atoms with Gasteiger partial charge in [0.25, 0.3) is 0 Å². The Morgan fingerprint density at radius 3 is 1.21 bits per heavy atom. The summed E-state index contributed by atoms with van der Waals surface area (Å²) in [5.74, 6) is 0. The van der Waals surface area contributed by atoms with Gasteiger partial charge in [0.15, 0.2) is 0 Å². The molecule has 6 aromatic rings. The third kappa shape index (κ3) is 5.30. The molecule has 48 heavy (non-hydrogen) atoms. The molecule has 0 radical (unpaired) electrons. The van der Waals surface area contributed by atoms with E-state index in [0.717, 1.165) is 12.8 Å². The van der Waals surface area contributed by atoms with Gasteiger partial charge in [0.05, 0.1) is 0 Å². The van der Waals surface area contributed by atoms with Crippen molar-refractivity contribution in [1.29, 1.82) is 0 Å². The Kier molecular flexibility index (Phi) is 9.82. The molecule has 0 aliphatic heterocycles. The average molecular weight is 891 g/mol. The van der Waals surface area contributed by atoms with E-state index in [0.29, 0.717) is 0 Å². The van der Waals surface area contributed by atoms with E-state index in [4.69, 9.17) is 0 Å². The maximum atomic E-state index is 2.54. The first-order valence-electron chi connectivity index (χ1n) is 16.4. The van der Waals surface area contributed by atoms with Crippen LogP contribution in [0.15, 0.2) is 176 Å². The van der Waals surface area contributed by atoms with Gasteiger partial charge in [-0.25, -0.2) is 0 Å². The third-order valence-electron chi connectivity index (χ3n) is 10.9. The second kappa shape index (κ2) is 13.6. The summed E-state index contributed by atoms with van der Waals surface area (Å²) in [6.07, 6.45) is 7.11. The molecule has 0 spiro atoms. The molecule has 8 rings (SSSR count). The molecule has 0 unspecified atom stereocenters. The number of rotatable bonds is 6. The minimum atomic E-state index is -4.57. The zero-order valence-corrected chi connectivity index (χ0v) is 35.6. The molecule has 0 atom stereocenters. The molecule has 0 fully saturated rings. The third-order valence-corrected chi connectivity index (χ3v) is 64.8. The molecule has 0 amide bonds. The quantitative estimate of drug-likeness (QED) is 0.146. The minimum absolute atomic E-state index is 0. The normalized spacial score (nSPS) is 14.9. The Balaban J connectivity index is 0.00000201. The second-order valence-electron chi connectivity index (χ2n) is 13.3. The first-order valence-corrected chi connectivity index (χ1v) is 38.3. The number of fused-ring (bicyclic) bond motifs is 2. The molecule has 0 heterocycles. The predicted molar refractivity (Wildman–Crippen MR) is 214 cm³/mol. The van der Waals surface area contributed by atoms with Crippen molar-refractivity contribution >= 4 is 76.4 Å². The molecule has 0 nitrogen and oxygen atoms in total. The Bertz CT molecular complexity index is 2200. The number of benzene rings is 6. The molecule has 2 aliphatic rings. The van der Waals surface area contributed by atoms with Gasteiger partial charge in [-0.15, -0.1) is 24.8 Å². The van der Waals surface area contributed by atoms with Crippen LogP contribution in [0.25, 0.3) is 32.7 Å². The summed E-state index contributed by atoms with van der Waals surface area (Å²) in [4.78, 5) is 0. The van der Waals surface area contributed by atoms with Crippen LogP contribution < -0.4 is 6.64 Å². The molecule has 0 aromatic heterocycles. The van der Waals surface area contributed by atoms with Crippen LogP contribution in [-0.4, -0.2) is 12.2 Å². The van der Waals surface area contributed by atoms with Crippen LogP contribution in [-0.2, 0) is 15.4 Å². The molecular weight excluding hydrogens is 850 g/mol. The summed E-state index contributed by atoms with van der Waals surface area (Å²) in [7, 11) is 0. The summed E-state index contributed by atoms with van der Waals surface area (Å²) >= 11 is -3.31. The molecule has 6 aromatic carbocycles. The number of hydrogen-bond acceptors (Lipinski definition) is 0. The maximum Gasteiger partial charge on any atom is -0.147 e. The predicted octanol–water partition coefficient (Wildman–Crippen LogP) is 10.5. The Labute approximate surface area is 302 Å². The van der Waals surface area contributed by atoms with Crippen LogP contribution in [0.5, 0.6) is 0 Å². The zero-order valence-electron chi connectivity index (χ0n) is 27.4. The van der Waals surface area contributed by atoms with Crippen LogP contribution in [0.4, 0.5) is 0 Å². The molecule has 0 N–H and O–H groups in total. The van der Waals surface area contributed by atoms with E-state index >= 15 is 0 Å². The van der Waals surface area contributed by atoms with Crippen molar-refractivity contribution in [3.05, 3.63) is 187 Å². The summed E-state index contributed by atoms with van der Waals surface area (Å²) in [5, 5.41) is 5.33. The van der Waals surface area contributed by atoms with Gasteiger partial charge in [0, 0.05) is 0 Å². The average Bonchev–Trinajstić information content (AvgIpc) is 3.71. The van der Waals surface area contributed by atoms with Crippen LogP contribution in [0.1, 0.15) is 37.8 Å². The molecule has 0 saturated heterocycles. The summed E-state index contributed by atoms with van der Waals surface area (Å²) in [5.41, 5.74) is 8.65. The van der Waals surface area contributed by atoms with Crippen molar-refractivity contribution in [2.24, 2.45) is 0 Å². The number of halogens is 2. The van der Waals surface area contributed by atoms with Gasteiger partial charge in [-0.1, -0.05) is 0 Å². The summed E-state index contributed by atoms with van der Waals surface area (Å²) in [6.45, 7) is 4.82. The fourth-order valence-corrected chi connectivity index (χ4v) is 55.8. The second-order valence-corrected chi connectivity index (χ2v) is 56.5. The fraction of sp³-hybridized carbons (Fsp3) is 0.0909. The largest absolute Gasteiger partial charge is 0.147 e. The maximum absolute atomic E-state index is 4.57. The topological polar surface area (TPSA) is 0 Å². The van der Waals surface area contributed by atoms with Crippen LogP contribution in [0.3, 0.4) is 0 Å². The van der Waals surface area contributed by atoms with Gasteiger partial charge >= 0.3 is 280 Å². The van der Waals surface area contributed by atoms with Gasteiger partial charge < -0.3 is 0 Å². The number of hydrogen-bond donors (Lipinski definition) is 0. The van der Waals surface area contributed by atoms with E-state index in [9.17, 15) is 0 Å². The SMILES string of the molecule is CC1=[C]([Hf](=[GeH2])([C]2=C(C)C=C(c3cccc4ccccc34)C2)([c]2ccccc2)[c]2ccccc2)CC(c2cccc3ccccc23)=C1.Cl.Cl. The van der Waals surface area contributed by atoms with E-state index in [2.05, 4.69) is 172 Å². The molecule has 238 valence electrons. The standard InChI is InChI=1S/2C16H13.2C6H5.2ClH.GeH2.Hf/c2*1-12-9-10-14(11-12)16-8-4-6-13-5-2-3-7-15(13)16;2*1-2-4-6-5-3-1;;;;/h2*2-8,11H,10H2,1H3;2*1-5H;2*1H;1H2;. The smallest absolute Gasteiger partial charge is 0.147 e. The van der Waals surface area contributed by atoms with E-state index < -0.39 is 15.4 Å². The van der Waals surface area contributed by atoms with Gasteiger partial charge in [-0.3, -0.25) is 0 Å². The van der Waals surface area contributed by atoms with Crippen LogP contribution in [0.2, 0.25) is 0 Å². The van der Waals surface area contributed by atoms with E-state index in [1.807, 2.05) is 0 Å². The van der Waals surface area contributed by atoms with Gasteiger partial charge in [0.2, 0.25) is 0 Å². The summed E-state index contributed by atoms with van der Waals surface area (Å²) < 4.78 is 6.66. The molecule has 4 heteroatoms. The monoisotopic (exact) mass is 892 g/mol. The summed E-state index contributed by atoms with van der Waals surface area (Å²) in [6, 6.07) is 54.9. The van der Waals surface area contributed by atoms with Crippen molar-refractivity contribution in [2.45, 2.75) is 26.7 Å². The van der Waals surface area contributed by atoms with Crippen molar-refractivity contribution in [3.8, 4) is 0 Å². The van der Waals surface area contributed by atoms with E-state index in [-0.39, 0.29) is 24.8 Å². The van der Waals surface area contributed by atoms with Crippen molar-refractivity contribution in [2.75, 3.05) is 0 Å². The molecule has 0 saturated carbocycles. The fourth-order valence-electron chi connectivity index (χ4n) is 8.73. The molecular formula is C44H40Cl2GeHf. The van der Waals surface area contributed by atoms with Gasteiger partial charge in [-0.2, -0.15) is 0 Å². The van der Waals surface area contributed by atoms with E-state index in [1.54, 1.807) is 13.3 Å².